The number of hydrogen-bond acceptors (Lipinski definition) is 4. The summed E-state index contributed by atoms with van der Waals surface area (Å²) in [6.07, 6.45) is 0. The lowest BCUT2D eigenvalue weighted by Gasteiger charge is -2.11. The molecule has 0 radical (unpaired) electrons. The Labute approximate surface area is 180 Å². The molecule has 1 amide bonds. The van der Waals surface area contributed by atoms with Crippen LogP contribution in [-0.4, -0.2) is 20.7 Å². The maximum atomic E-state index is 11.3. The van der Waals surface area contributed by atoms with Gasteiger partial charge in [-0.3, -0.25) is 9.36 Å². The molecule has 150 valence electrons. The molecule has 4 rings (SSSR count). The van der Waals surface area contributed by atoms with Crippen molar-refractivity contribution in [1.29, 1.82) is 0 Å². The highest BCUT2D eigenvalue weighted by Crippen LogP contribution is 2.30. The highest BCUT2D eigenvalue weighted by atomic mass is 32.2. The minimum absolute atomic E-state index is 0.420. The third kappa shape index (κ3) is 4.28. The van der Waals surface area contributed by atoms with Gasteiger partial charge in [-0.05, 0) is 49.2 Å². The lowest BCUT2D eigenvalue weighted by Crippen LogP contribution is -2.10. The van der Waals surface area contributed by atoms with Crippen molar-refractivity contribution >= 4 is 17.7 Å². The number of hydrogen-bond donors (Lipinski definition) is 1. The van der Waals surface area contributed by atoms with Gasteiger partial charge in [-0.15, -0.1) is 10.2 Å². The Bertz CT molecular complexity index is 1180. The first-order chi connectivity index (χ1) is 14.5. The Morgan fingerprint density at radius 1 is 0.933 bits per heavy atom. The molecule has 30 heavy (non-hydrogen) atoms. The summed E-state index contributed by atoms with van der Waals surface area (Å²) in [6.45, 7) is 4.15. The molecule has 0 bridgehead atoms. The lowest BCUT2D eigenvalue weighted by atomic mass is 10.1. The fourth-order valence-corrected chi connectivity index (χ4v) is 4.07. The highest BCUT2D eigenvalue weighted by molar-refractivity contribution is 7.98. The number of rotatable bonds is 6. The molecule has 4 aromatic rings. The number of primary amides is 1. The molecule has 1 aromatic heterocycles. The lowest BCUT2D eigenvalue weighted by molar-refractivity contribution is 0.100. The molecule has 3 aromatic carbocycles. The summed E-state index contributed by atoms with van der Waals surface area (Å²) in [7, 11) is 0. The predicted molar refractivity (Wildman–Crippen MR) is 121 cm³/mol. The number of carbonyl (C=O) groups excluding carboxylic acids is 1. The number of aryl methyl sites for hydroxylation is 2. The van der Waals surface area contributed by atoms with E-state index in [2.05, 4.69) is 71.1 Å². The molecule has 0 unspecified atom stereocenters. The third-order valence-corrected chi connectivity index (χ3v) is 5.81. The summed E-state index contributed by atoms with van der Waals surface area (Å²) >= 11 is 1.61. The van der Waals surface area contributed by atoms with E-state index in [1.165, 1.54) is 11.1 Å². The maximum absolute atomic E-state index is 11.3. The van der Waals surface area contributed by atoms with E-state index in [0.29, 0.717) is 11.3 Å². The molecule has 1 heterocycles. The van der Waals surface area contributed by atoms with Crippen molar-refractivity contribution < 1.29 is 4.79 Å². The first kappa shape index (κ1) is 19.9. The second kappa shape index (κ2) is 8.55. The van der Waals surface area contributed by atoms with Gasteiger partial charge in [0.1, 0.15) is 0 Å². The molecule has 0 spiro atoms. The Morgan fingerprint density at radius 3 is 2.33 bits per heavy atom. The zero-order valence-electron chi connectivity index (χ0n) is 16.9. The summed E-state index contributed by atoms with van der Waals surface area (Å²) in [5, 5.41) is 9.80. The summed E-state index contributed by atoms with van der Waals surface area (Å²) in [5.41, 5.74) is 11.3. The zero-order chi connectivity index (χ0) is 21.1. The quantitative estimate of drug-likeness (QED) is 0.454. The van der Waals surface area contributed by atoms with Crippen LogP contribution < -0.4 is 5.73 Å². The van der Waals surface area contributed by atoms with Crippen LogP contribution in [0.25, 0.3) is 17.1 Å². The van der Waals surface area contributed by atoms with Gasteiger partial charge in [-0.1, -0.05) is 65.9 Å². The normalized spacial score (nSPS) is 10.9. The Morgan fingerprint density at radius 2 is 1.67 bits per heavy atom. The molecular weight excluding hydrogens is 392 g/mol. The Hall–Kier alpha value is -3.38. The fourth-order valence-electron chi connectivity index (χ4n) is 3.17. The largest absolute Gasteiger partial charge is 0.366 e. The van der Waals surface area contributed by atoms with Crippen molar-refractivity contribution in [2.45, 2.75) is 24.8 Å². The molecule has 5 nitrogen and oxygen atoms in total. The fraction of sp³-hybridized carbons (Fsp3) is 0.125. The summed E-state index contributed by atoms with van der Waals surface area (Å²) in [5.74, 6) is 1.10. The number of nitrogens with zero attached hydrogens (tertiary/aromatic N) is 3. The van der Waals surface area contributed by atoms with E-state index >= 15 is 0 Å². The Kier molecular flexibility index (Phi) is 5.68. The first-order valence-electron chi connectivity index (χ1n) is 9.62. The van der Waals surface area contributed by atoms with E-state index in [4.69, 9.17) is 5.73 Å². The second-order valence-corrected chi connectivity index (χ2v) is 8.14. The third-order valence-electron chi connectivity index (χ3n) is 4.81. The number of carbonyl (C=O) groups is 1. The summed E-state index contributed by atoms with van der Waals surface area (Å²) in [6, 6.07) is 24.0. The van der Waals surface area contributed by atoms with Crippen molar-refractivity contribution in [2.24, 2.45) is 5.73 Å². The maximum Gasteiger partial charge on any atom is 0.248 e. The van der Waals surface area contributed by atoms with Crippen LogP contribution in [0.3, 0.4) is 0 Å². The van der Waals surface area contributed by atoms with Crippen molar-refractivity contribution in [3.05, 3.63) is 95.1 Å². The molecule has 0 aliphatic heterocycles. The van der Waals surface area contributed by atoms with Crippen molar-refractivity contribution in [3.63, 3.8) is 0 Å². The van der Waals surface area contributed by atoms with Crippen LogP contribution >= 0.6 is 11.8 Å². The average molecular weight is 415 g/mol. The topological polar surface area (TPSA) is 73.8 Å². The monoisotopic (exact) mass is 414 g/mol. The van der Waals surface area contributed by atoms with E-state index < -0.39 is 5.91 Å². The minimum atomic E-state index is -0.420. The van der Waals surface area contributed by atoms with Gasteiger partial charge in [0, 0.05) is 22.6 Å². The SMILES string of the molecule is Cc1ccc(-c2nnc(SCc3ccc(C(N)=O)cc3)n2-c2cccc(C)c2)cc1. The van der Waals surface area contributed by atoms with Gasteiger partial charge in [-0.2, -0.15) is 0 Å². The van der Waals surface area contributed by atoms with E-state index in [9.17, 15) is 4.79 Å². The van der Waals surface area contributed by atoms with E-state index in [1.807, 2.05) is 18.2 Å². The van der Waals surface area contributed by atoms with Gasteiger partial charge in [-0.25, -0.2) is 0 Å². The van der Waals surface area contributed by atoms with Gasteiger partial charge in [0.25, 0.3) is 0 Å². The number of amides is 1. The van der Waals surface area contributed by atoms with Crippen LogP contribution in [0.1, 0.15) is 27.0 Å². The standard InChI is InChI=1S/C24H22N4OS/c1-16-6-10-20(11-7-16)23-26-27-24(28(23)21-5-3-4-17(2)14-21)30-15-18-8-12-19(13-9-18)22(25)29/h3-14H,15H2,1-2H3,(H2,25,29). The van der Waals surface area contributed by atoms with E-state index in [1.54, 1.807) is 23.9 Å². The van der Waals surface area contributed by atoms with Gasteiger partial charge in [0.15, 0.2) is 11.0 Å². The van der Waals surface area contributed by atoms with Gasteiger partial charge in [0.05, 0.1) is 0 Å². The number of thioether (sulfide) groups is 1. The van der Waals surface area contributed by atoms with Gasteiger partial charge in [0.2, 0.25) is 5.91 Å². The molecule has 6 heteroatoms. The van der Waals surface area contributed by atoms with Crippen molar-refractivity contribution in [3.8, 4) is 17.1 Å². The molecule has 0 saturated carbocycles. The highest BCUT2D eigenvalue weighted by Gasteiger charge is 2.16. The van der Waals surface area contributed by atoms with Crippen LogP contribution in [-0.2, 0) is 5.75 Å². The molecule has 0 aliphatic carbocycles. The second-order valence-electron chi connectivity index (χ2n) is 7.20. The van der Waals surface area contributed by atoms with Crippen LogP contribution in [0.4, 0.5) is 0 Å². The molecule has 0 fully saturated rings. The zero-order valence-corrected chi connectivity index (χ0v) is 17.7. The molecular formula is C24H22N4OS. The van der Waals surface area contributed by atoms with Crippen LogP contribution in [0.5, 0.6) is 0 Å². The van der Waals surface area contributed by atoms with E-state index in [-0.39, 0.29) is 0 Å². The van der Waals surface area contributed by atoms with Crippen LogP contribution in [0.15, 0.2) is 78.0 Å². The molecule has 2 N–H and O–H groups in total. The minimum Gasteiger partial charge on any atom is -0.366 e. The smallest absolute Gasteiger partial charge is 0.248 e. The van der Waals surface area contributed by atoms with Gasteiger partial charge >= 0.3 is 0 Å². The summed E-state index contributed by atoms with van der Waals surface area (Å²) in [4.78, 5) is 11.3. The Balaban J connectivity index is 1.69. The predicted octanol–water partition coefficient (Wildman–Crippen LogP) is 4.94. The van der Waals surface area contributed by atoms with Gasteiger partial charge < -0.3 is 5.73 Å². The van der Waals surface area contributed by atoms with E-state index in [0.717, 1.165) is 27.8 Å². The molecule has 0 atom stereocenters. The van der Waals surface area contributed by atoms with Crippen molar-refractivity contribution in [2.75, 3.05) is 0 Å². The number of nitrogens with two attached hydrogens (primary N) is 1. The average Bonchev–Trinajstić information content (AvgIpc) is 3.17. The number of aromatic nitrogens is 3. The molecule has 0 aliphatic rings. The molecule has 0 saturated heterocycles. The van der Waals surface area contributed by atoms with Crippen molar-refractivity contribution in [1.82, 2.24) is 14.8 Å². The van der Waals surface area contributed by atoms with Crippen LogP contribution in [0.2, 0.25) is 0 Å². The number of benzene rings is 3. The summed E-state index contributed by atoms with van der Waals surface area (Å²) < 4.78 is 2.10. The first-order valence-corrected chi connectivity index (χ1v) is 10.6. The van der Waals surface area contributed by atoms with Crippen LogP contribution in [0, 0.1) is 13.8 Å².